The zero-order chi connectivity index (χ0) is 8.97. The third-order valence-corrected chi connectivity index (χ3v) is 1.37. The second-order valence-corrected chi connectivity index (χ2v) is 2.30. The lowest BCUT2D eigenvalue weighted by atomic mass is 10.2. The van der Waals surface area contributed by atoms with E-state index in [0.29, 0.717) is 12.1 Å². The molecule has 0 saturated carbocycles. The molecule has 0 aliphatic heterocycles. The van der Waals surface area contributed by atoms with E-state index in [0.717, 1.165) is 0 Å². The molecular weight excluding hydrogens is 156 g/mol. The number of carbonyl (C=O) groups excluding carboxylic acids is 1. The lowest BCUT2D eigenvalue weighted by Gasteiger charge is -1.99. The average molecular weight is 166 g/mol. The van der Waals surface area contributed by atoms with Gasteiger partial charge in [-0.2, -0.15) is 0 Å². The van der Waals surface area contributed by atoms with Crippen molar-refractivity contribution in [2.75, 3.05) is 6.54 Å². The zero-order valence-corrected chi connectivity index (χ0v) is 6.76. The van der Waals surface area contributed by atoms with Crippen LogP contribution in [-0.2, 0) is 0 Å². The van der Waals surface area contributed by atoms with Gasteiger partial charge in [-0.25, -0.2) is 0 Å². The maximum atomic E-state index is 11.1. The highest BCUT2D eigenvalue weighted by atomic mass is 16.2. The quantitative estimate of drug-likeness (QED) is 0.655. The largest absolute Gasteiger partial charge is 0.352 e. The number of pyridine rings is 1. The molecule has 0 aliphatic rings. The first kappa shape index (κ1) is 8.52. The molecule has 0 fully saturated rings. The molecule has 0 aromatic carbocycles. The Morgan fingerprint density at radius 2 is 2.42 bits per heavy atom. The summed E-state index contributed by atoms with van der Waals surface area (Å²) in [6.07, 6.45) is 1.45. The van der Waals surface area contributed by atoms with Crippen molar-refractivity contribution in [3.8, 4) is 0 Å². The molecule has 4 nitrogen and oxygen atoms in total. The average Bonchev–Trinajstić information content (AvgIpc) is 2.05. The van der Waals surface area contributed by atoms with Crippen molar-refractivity contribution in [1.29, 1.82) is 0 Å². The second-order valence-electron chi connectivity index (χ2n) is 2.30. The fraction of sp³-hybridized carbons (Fsp3) is 0.250. The van der Waals surface area contributed by atoms with E-state index >= 15 is 0 Å². The minimum absolute atomic E-state index is 0.219. The van der Waals surface area contributed by atoms with Gasteiger partial charge in [0.1, 0.15) is 0 Å². The molecule has 0 atom stereocenters. The van der Waals surface area contributed by atoms with E-state index in [2.05, 4.69) is 10.3 Å². The first-order chi connectivity index (χ1) is 5.74. The Morgan fingerprint density at radius 3 is 3.00 bits per heavy atom. The summed E-state index contributed by atoms with van der Waals surface area (Å²) in [6.45, 7) is 2.39. The lowest BCUT2D eigenvalue weighted by Crippen LogP contribution is -2.24. The molecule has 1 rings (SSSR count). The van der Waals surface area contributed by atoms with Crippen LogP contribution in [0.2, 0.25) is 0 Å². The van der Waals surface area contributed by atoms with Gasteiger partial charge in [0.05, 0.1) is 0 Å². The van der Waals surface area contributed by atoms with Crippen molar-refractivity contribution >= 4 is 5.91 Å². The Balaban J connectivity index is 2.88. The van der Waals surface area contributed by atoms with Gasteiger partial charge in [0.25, 0.3) is 5.91 Å². The Labute approximate surface area is 69.6 Å². The molecular formula is C8H10N2O2. The SMILES string of the molecule is CCNC(=O)c1cc[nH]c(=O)c1. The van der Waals surface area contributed by atoms with E-state index in [4.69, 9.17) is 0 Å². The molecule has 0 spiro atoms. The summed E-state index contributed by atoms with van der Waals surface area (Å²) in [5, 5.41) is 2.60. The summed E-state index contributed by atoms with van der Waals surface area (Å²) >= 11 is 0. The summed E-state index contributed by atoms with van der Waals surface area (Å²) in [5.41, 5.74) is 0.124. The smallest absolute Gasteiger partial charge is 0.251 e. The van der Waals surface area contributed by atoms with Gasteiger partial charge < -0.3 is 10.3 Å². The summed E-state index contributed by atoms with van der Waals surface area (Å²) in [4.78, 5) is 24.3. The van der Waals surface area contributed by atoms with Crippen LogP contribution in [0.5, 0.6) is 0 Å². The van der Waals surface area contributed by atoms with Gasteiger partial charge in [0.15, 0.2) is 0 Å². The molecule has 0 aliphatic carbocycles. The molecule has 1 heterocycles. The Bertz CT molecular complexity index is 330. The Hall–Kier alpha value is -1.58. The van der Waals surface area contributed by atoms with Crippen molar-refractivity contribution in [2.45, 2.75) is 6.92 Å². The normalized spacial score (nSPS) is 9.42. The highest BCUT2D eigenvalue weighted by molar-refractivity contribution is 5.93. The Morgan fingerprint density at radius 1 is 1.67 bits per heavy atom. The minimum Gasteiger partial charge on any atom is -0.352 e. The number of hydrogen-bond acceptors (Lipinski definition) is 2. The van der Waals surface area contributed by atoms with E-state index < -0.39 is 0 Å². The highest BCUT2D eigenvalue weighted by Gasteiger charge is 2.02. The number of aromatic nitrogens is 1. The van der Waals surface area contributed by atoms with Gasteiger partial charge in [0.2, 0.25) is 5.56 Å². The van der Waals surface area contributed by atoms with Crippen LogP contribution in [0, 0.1) is 0 Å². The number of nitrogens with one attached hydrogen (secondary N) is 2. The van der Waals surface area contributed by atoms with E-state index in [1.165, 1.54) is 12.3 Å². The molecule has 4 heteroatoms. The number of H-pyrrole nitrogens is 1. The van der Waals surface area contributed by atoms with Gasteiger partial charge in [-0.15, -0.1) is 0 Å². The molecule has 1 aromatic heterocycles. The third kappa shape index (κ3) is 1.95. The van der Waals surface area contributed by atoms with Crippen LogP contribution in [0.3, 0.4) is 0 Å². The van der Waals surface area contributed by atoms with Gasteiger partial charge >= 0.3 is 0 Å². The van der Waals surface area contributed by atoms with Crippen molar-refractivity contribution in [1.82, 2.24) is 10.3 Å². The summed E-state index contributed by atoms with van der Waals surface area (Å²) in [5.74, 6) is -0.219. The fourth-order valence-electron chi connectivity index (χ4n) is 0.848. The number of amides is 1. The summed E-state index contributed by atoms with van der Waals surface area (Å²) in [7, 11) is 0. The van der Waals surface area contributed by atoms with Gasteiger partial charge in [0, 0.05) is 24.4 Å². The number of aromatic amines is 1. The second kappa shape index (κ2) is 3.71. The van der Waals surface area contributed by atoms with Crippen LogP contribution in [0.4, 0.5) is 0 Å². The van der Waals surface area contributed by atoms with Crippen molar-refractivity contribution in [2.24, 2.45) is 0 Å². The van der Waals surface area contributed by atoms with Crippen LogP contribution in [0.15, 0.2) is 23.1 Å². The molecule has 12 heavy (non-hydrogen) atoms. The maximum absolute atomic E-state index is 11.1. The molecule has 1 amide bonds. The standard InChI is InChI=1S/C8H10N2O2/c1-2-9-8(12)6-3-4-10-7(11)5-6/h3-5H,2H2,1H3,(H,9,12)(H,10,11). The van der Waals surface area contributed by atoms with Crippen molar-refractivity contribution in [3.63, 3.8) is 0 Å². The fourth-order valence-corrected chi connectivity index (χ4v) is 0.848. The van der Waals surface area contributed by atoms with Gasteiger partial charge in [-0.05, 0) is 13.0 Å². The molecule has 0 bridgehead atoms. The molecule has 0 radical (unpaired) electrons. The molecule has 0 unspecified atom stereocenters. The van der Waals surface area contributed by atoms with Crippen LogP contribution in [0.1, 0.15) is 17.3 Å². The molecule has 1 aromatic rings. The van der Waals surface area contributed by atoms with Crippen LogP contribution < -0.4 is 10.9 Å². The number of rotatable bonds is 2. The summed E-state index contributed by atoms with van der Waals surface area (Å²) < 4.78 is 0. The van der Waals surface area contributed by atoms with Crippen molar-refractivity contribution in [3.05, 3.63) is 34.2 Å². The molecule has 0 saturated heterocycles. The van der Waals surface area contributed by atoms with E-state index in [1.807, 2.05) is 6.92 Å². The highest BCUT2D eigenvalue weighted by Crippen LogP contribution is 1.91. The predicted octanol–water partition coefficient (Wildman–Crippen LogP) is 0.125. The first-order valence-corrected chi connectivity index (χ1v) is 3.71. The van der Waals surface area contributed by atoms with Crippen LogP contribution in [0.25, 0.3) is 0 Å². The van der Waals surface area contributed by atoms with Crippen LogP contribution >= 0.6 is 0 Å². The van der Waals surface area contributed by atoms with E-state index in [1.54, 1.807) is 6.07 Å². The predicted molar refractivity (Wildman–Crippen MR) is 45.1 cm³/mol. The van der Waals surface area contributed by atoms with Crippen LogP contribution in [-0.4, -0.2) is 17.4 Å². The van der Waals surface area contributed by atoms with Gasteiger partial charge in [-0.1, -0.05) is 0 Å². The Kier molecular flexibility index (Phi) is 2.63. The lowest BCUT2D eigenvalue weighted by molar-refractivity contribution is 0.0955. The van der Waals surface area contributed by atoms with E-state index in [-0.39, 0.29) is 11.5 Å². The maximum Gasteiger partial charge on any atom is 0.251 e. The minimum atomic E-state index is -0.265. The molecule has 2 N–H and O–H groups in total. The third-order valence-electron chi connectivity index (χ3n) is 1.37. The summed E-state index contributed by atoms with van der Waals surface area (Å²) in [6, 6.07) is 2.83. The molecule has 64 valence electrons. The zero-order valence-electron chi connectivity index (χ0n) is 6.76. The number of hydrogen-bond donors (Lipinski definition) is 2. The van der Waals surface area contributed by atoms with Gasteiger partial charge in [-0.3, -0.25) is 9.59 Å². The monoisotopic (exact) mass is 166 g/mol. The topological polar surface area (TPSA) is 62.0 Å². The van der Waals surface area contributed by atoms with Crippen molar-refractivity contribution < 1.29 is 4.79 Å². The van der Waals surface area contributed by atoms with E-state index in [9.17, 15) is 9.59 Å². The first-order valence-electron chi connectivity index (χ1n) is 3.71. The number of carbonyl (C=O) groups is 1.